The third-order valence-corrected chi connectivity index (χ3v) is 8.52. The SMILES string of the molecule is Cc1ccc(N2C(=O)[C@H]3[C@H](C2=O)C2(Cl)c4ccccc4C3(Cl)c3ccccc32)cc1[N+](=O)[O-]. The van der Waals surface area contributed by atoms with E-state index in [1.165, 1.54) is 12.1 Å². The number of nitro groups is 1. The first-order valence-corrected chi connectivity index (χ1v) is 11.2. The van der Waals surface area contributed by atoms with Crippen molar-refractivity contribution in [2.75, 3.05) is 4.90 Å². The van der Waals surface area contributed by atoms with Crippen LogP contribution >= 0.6 is 23.2 Å². The van der Waals surface area contributed by atoms with Gasteiger partial charge < -0.3 is 0 Å². The number of hydrogen-bond donors (Lipinski definition) is 0. The zero-order valence-corrected chi connectivity index (χ0v) is 18.8. The average molecular weight is 479 g/mol. The summed E-state index contributed by atoms with van der Waals surface area (Å²) in [5, 5.41) is 11.5. The Labute approximate surface area is 198 Å². The smallest absolute Gasteiger partial charge is 0.274 e. The molecule has 1 saturated heterocycles. The largest absolute Gasteiger partial charge is 0.274 e. The number of rotatable bonds is 2. The van der Waals surface area contributed by atoms with Crippen LogP contribution in [0.25, 0.3) is 0 Å². The van der Waals surface area contributed by atoms with Crippen LogP contribution in [0.2, 0.25) is 0 Å². The standard InChI is InChI=1S/C25H16Cl2N2O4/c1-13-10-11-14(12-19(13)29(32)33)28-22(30)20-21(23(28)31)25(27)16-7-3-2-6-15(16)24(20,26)17-8-4-5-9-18(17)25/h2-12,20-21H,1H3/t20-,21-,24?,25?/m1/s1. The second kappa shape index (κ2) is 6.43. The first kappa shape index (κ1) is 20.4. The first-order valence-electron chi connectivity index (χ1n) is 10.4. The van der Waals surface area contributed by atoms with E-state index in [4.69, 9.17) is 23.2 Å². The lowest BCUT2D eigenvalue weighted by Crippen LogP contribution is -2.57. The van der Waals surface area contributed by atoms with Crippen LogP contribution < -0.4 is 4.90 Å². The fourth-order valence-corrected chi connectivity index (χ4v) is 6.95. The van der Waals surface area contributed by atoms with Crippen molar-refractivity contribution in [1.82, 2.24) is 0 Å². The minimum absolute atomic E-state index is 0.143. The van der Waals surface area contributed by atoms with Crippen molar-refractivity contribution in [2.24, 2.45) is 11.8 Å². The van der Waals surface area contributed by atoms with Crippen LogP contribution in [0.15, 0.2) is 66.7 Å². The van der Waals surface area contributed by atoms with Gasteiger partial charge in [-0.25, -0.2) is 4.90 Å². The van der Waals surface area contributed by atoms with E-state index in [2.05, 4.69) is 0 Å². The number of alkyl halides is 2. The zero-order chi connectivity index (χ0) is 23.3. The summed E-state index contributed by atoms with van der Waals surface area (Å²) in [6.07, 6.45) is 0. The van der Waals surface area contributed by atoms with Gasteiger partial charge in [0.1, 0.15) is 9.75 Å². The van der Waals surface area contributed by atoms with Crippen molar-refractivity contribution in [3.8, 4) is 0 Å². The van der Waals surface area contributed by atoms with Crippen LogP contribution in [-0.4, -0.2) is 16.7 Å². The number of anilines is 1. The predicted molar refractivity (Wildman–Crippen MR) is 123 cm³/mol. The third kappa shape index (κ3) is 2.25. The van der Waals surface area contributed by atoms with E-state index in [-0.39, 0.29) is 11.4 Å². The topological polar surface area (TPSA) is 80.5 Å². The van der Waals surface area contributed by atoms with Crippen molar-refractivity contribution >= 4 is 46.4 Å². The summed E-state index contributed by atoms with van der Waals surface area (Å²) in [4.78, 5) is 37.1. The molecule has 33 heavy (non-hydrogen) atoms. The van der Waals surface area contributed by atoms with Crippen LogP contribution in [0.3, 0.4) is 0 Å². The van der Waals surface area contributed by atoms with Crippen LogP contribution in [0, 0.1) is 28.9 Å². The maximum Gasteiger partial charge on any atom is 0.274 e. The van der Waals surface area contributed by atoms with Crippen molar-refractivity contribution < 1.29 is 14.5 Å². The second-order valence-corrected chi connectivity index (χ2v) is 9.90. The van der Waals surface area contributed by atoms with Gasteiger partial charge in [0, 0.05) is 11.6 Å². The lowest BCUT2D eigenvalue weighted by atomic mass is 9.54. The van der Waals surface area contributed by atoms with E-state index in [0.29, 0.717) is 27.8 Å². The molecule has 164 valence electrons. The molecule has 2 atom stereocenters. The van der Waals surface area contributed by atoms with Gasteiger partial charge in [-0.15, -0.1) is 23.2 Å². The van der Waals surface area contributed by atoms with Gasteiger partial charge in [-0.2, -0.15) is 0 Å². The fourth-order valence-electron chi connectivity index (χ4n) is 5.86. The van der Waals surface area contributed by atoms with Gasteiger partial charge in [0.05, 0.1) is 22.4 Å². The summed E-state index contributed by atoms with van der Waals surface area (Å²) in [6, 6.07) is 19.1. The molecular formula is C25H16Cl2N2O4. The molecule has 3 aromatic carbocycles. The molecule has 8 heteroatoms. The molecule has 1 aliphatic heterocycles. The van der Waals surface area contributed by atoms with Gasteiger partial charge in [0.25, 0.3) is 5.69 Å². The van der Waals surface area contributed by atoms with Gasteiger partial charge >= 0.3 is 0 Å². The summed E-state index contributed by atoms with van der Waals surface area (Å²) >= 11 is 14.7. The van der Waals surface area contributed by atoms with Crippen molar-refractivity contribution in [3.05, 3.63) is 105 Å². The number of aryl methyl sites for hydroxylation is 1. The highest BCUT2D eigenvalue weighted by atomic mass is 35.5. The van der Waals surface area contributed by atoms with Crippen molar-refractivity contribution in [2.45, 2.75) is 16.7 Å². The minimum atomic E-state index is -1.29. The minimum Gasteiger partial charge on any atom is -0.274 e. The molecule has 0 aromatic heterocycles. The molecule has 2 amide bonds. The van der Waals surface area contributed by atoms with Gasteiger partial charge in [0.15, 0.2) is 0 Å². The molecule has 1 heterocycles. The quantitative estimate of drug-likeness (QED) is 0.224. The number of hydrogen-bond acceptors (Lipinski definition) is 4. The van der Waals surface area contributed by atoms with Gasteiger partial charge in [-0.1, -0.05) is 54.6 Å². The number of carbonyl (C=O) groups excluding carboxylic acids is 2. The number of carbonyl (C=O) groups is 2. The molecule has 1 fully saturated rings. The second-order valence-electron chi connectivity index (χ2n) is 8.71. The summed E-state index contributed by atoms with van der Waals surface area (Å²) < 4.78 is 0. The Morgan fingerprint density at radius 3 is 1.64 bits per heavy atom. The van der Waals surface area contributed by atoms with E-state index in [1.54, 1.807) is 13.0 Å². The predicted octanol–water partition coefficient (Wildman–Crippen LogP) is 5.00. The van der Waals surface area contributed by atoms with Crippen molar-refractivity contribution in [1.29, 1.82) is 0 Å². The van der Waals surface area contributed by atoms with E-state index >= 15 is 0 Å². The Morgan fingerprint density at radius 2 is 1.24 bits per heavy atom. The lowest BCUT2D eigenvalue weighted by molar-refractivity contribution is -0.385. The van der Waals surface area contributed by atoms with Crippen LogP contribution in [0.5, 0.6) is 0 Å². The average Bonchev–Trinajstić information content (AvgIpc) is 3.09. The highest BCUT2D eigenvalue weighted by molar-refractivity contribution is 6.38. The third-order valence-electron chi connectivity index (χ3n) is 7.23. The molecule has 0 spiro atoms. The molecule has 4 aliphatic rings. The highest BCUT2D eigenvalue weighted by Gasteiger charge is 2.73. The van der Waals surface area contributed by atoms with Crippen LogP contribution in [0.4, 0.5) is 11.4 Å². The maximum atomic E-state index is 13.9. The van der Waals surface area contributed by atoms with Crippen LogP contribution in [-0.2, 0) is 19.3 Å². The summed E-state index contributed by atoms with van der Waals surface area (Å²) in [5.74, 6) is -2.91. The molecule has 3 aromatic rings. The molecule has 0 unspecified atom stereocenters. The Balaban J connectivity index is 1.62. The monoisotopic (exact) mass is 478 g/mol. The normalized spacial score (nSPS) is 29.0. The number of benzene rings is 3. The molecule has 3 aliphatic carbocycles. The summed E-state index contributed by atoms with van der Waals surface area (Å²) in [7, 11) is 0. The van der Waals surface area contributed by atoms with Gasteiger partial charge in [-0.3, -0.25) is 19.7 Å². The van der Waals surface area contributed by atoms with E-state index in [9.17, 15) is 19.7 Å². The van der Waals surface area contributed by atoms with E-state index < -0.39 is 38.3 Å². The van der Waals surface area contributed by atoms with E-state index in [1.807, 2.05) is 48.5 Å². The number of halogens is 2. The van der Waals surface area contributed by atoms with Crippen molar-refractivity contribution in [3.63, 3.8) is 0 Å². The van der Waals surface area contributed by atoms with E-state index in [0.717, 1.165) is 4.90 Å². The maximum absolute atomic E-state index is 13.9. The Kier molecular flexibility index (Phi) is 3.97. The number of nitro benzene ring substituents is 1. The molecule has 2 bridgehead atoms. The summed E-state index contributed by atoms with van der Waals surface area (Å²) in [5.41, 5.74) is 3.24. The molecule has 0 saturated carbocycles. The molecule has 0 radical (unpaired) electrons. The number of amides is 2. The summed E-state index contributed by atoms with van der Waals surface area (Å²) in [6.45, 7) is 1.60. The van der Waals surface area contributed by atoms with Crippen LogP contribution in [0.1, 0.15) is 27.8 Å². The number of imide groups is 1. The van der Waals surface area contributed by atoms with Gasteiger partial charge in [0.2, 0.25) is 11.8 Å². The molecule has 7 rings (SSSR count). The zero-order valence-electron chi connectivity index (χ0n) is 17.3. The van der Waals surface area contributed by atoms with Gasteiger partial charge in [-0.05, 0) is 35.2 Å². The Morgan fingerprint density at radius 1 is 0.818 bits per heavy atom. The molecular weight excluding hydrogens is 463 g/mol. The highest BCUT2D eigenvalue weighted by Crippen LogP contribution is 2.69. The molecule has 0 N–H and O–H groups in total. The fraction of sp³-hybridized carbons (Fsp3) is 0.200. The molecule has 6 nitrogen and oxygen atoms in total. The lowest BCUT2D eigenvalue weighted by Gasteiger charge is -2.54. The Hall–Kier alpha value is -3.22. The first-order chi connectivity index (χ1) is 15.7. The number of nitrogens with zero attached hydrogens (tertiary/aromatic N) is 2. The Bertz CT molecular complexity index is 1300.